The van der Waals surface area contributed by atoms with Gasteiger partial charge in [-0.1, -0.05) is 18.2 Å². The van der Waals surface area contributed by atoms with E-state index in [0.717, 1.165) is 3.57 Å². The molecule has 39 heavy (non-hydrogen) atoms. The lowest BCUT2D eigenvalue weighted by molar-refractivity contribution is -0.139. The molecule has 0 unspecified atom stereocenters. The first-order chi connectivity index (χ1) is 18.6. The van der Waals surface area contributed by atoms with E-state index in [1.54, 1.807) is 39.2 Å². The first kappa shape index (κ1) is 30.2. The van der Waals surface area contributed by atoms with Crippen molar-refractivity contribution in [3.8, 4) is 17.2 Å². The van der Waals surface area contributed by atoms with E-state index in [0.29, 0.717) is 44.8 Å². The summed E-state index contributed by atoms with van der Waals surface area (Å²) in [5.41, 5.74) is 4.71. The topological polar surface area (TPSA) is 120 Å². The highest BCUT2D eigenvalue weighted by Crippen LogP contribution is 2.34. The predicted molar refractivity (Wildman–Crippen MR) is 160 cm³/mol. The number of carbonyl (C=O) groups excluding carboxylic acids is 2. The molecule has 1 aliphatic heterocycles. The van der Waals surface area contributed by atoms with Crippen LogP contribution in [0.3, 0.4) is 0 Å². The third-order valence-electron chi connectivity index (χ3n) is 5.37. The molecule has 2 aromatic carbocycles. The number of halogens is 1. The lowest BCUT2D eigenvalue weighted by atomic mass is 9.95. The summed E-state index contributed by atoms with van der Waals surface area (Å²) in [5.74, 6) is 0.557. The van der Waals surface area contributed by atoms with E-state index in [9.17, 15) is 9.59 Å². The molecule has 0 fully saturated rings. The van der Waals surface area contributed by atoms with Crippen LogP contribution in [0, 0.1) is 3.57 Å². The molecule has 0 bridgehead atoms. The number of esters is 1. The van der Waals surface area contributed by atoms with Crippen LogP contribution in [0.4, 0.5) is 0 Å². The number of hydrogen-bond donors (Lipinski definition) is 3. The smallest absolute Gasteiger partial charge is 0.338 e. The van der Waals surface area contributed by atoms with Crippen molar-refractivity contribution in [3.63, 3.8) is 0 Å². The minimum atomic E-state index is -0.620. The van der Waals surface area contributed by atoms with Gasteiger partial charge in [0, 0.05) is 20.4 Å². The SMILES string of the molecule is CCOC(=O)C1=C(C)NC(=S)N[C@H]1c1ccccc1OCC(=O)NN=Cc1cc(I)cc(OC)c1OC(C)C. The van der Waals surface area contributed by atoms with Crippen molar-refractivity contribution >= 4 is 58.0 Å². The van der Waals surface area contributed by atoms with Gasteiger partial charge in [-0.2, -0.15) is 5.10 Å². The minimum absolute atomic E-state index is 0.0825. The Balaban J connectivity index is 1.74. The monoisotopic (exact) mass is 666 g/mol. The van der Waals surface area contributed by atoms with Crippen LogP contribution >= 0.6 is 34.8 Å². The molecule has 0 aromatic heterocycles. The van der Waals surface area contributed by atoms with E-state index in [4.69, 9.17) is 31.2 Å². The van der Waals surface area contributed by atoms with Crippen LogP contribution in [0.15, 0.2) is 52.8 Å². The Morgan fingerprint density at radius 2 is 1.97 bits per heavy atom. The van der Waals surface area contributed by atoms with E-state index in [1.165, 1.54) is 6.21 Å². The van der Waals surface area contributed by atoms with Gasteiger partial charge in [-0.05, 0) is 80.7 Å². The number of ether oxygens (including phenoxy) is 4. The number of rotatable bonds is 11. The molecule has 0 radical (unpaired) electrons. The molecule has 10 nitrogen and oxygen atoms in total. The van der Waals surface area contributed by atoms with E-state index < -0.39 is 17.9 Å². The van der Waals surface area contributed by atoms with Crippen LogP contribution in [0.5, 0.6) is 17.2 Å². The zero-order chi connectivity index (χ0) is 28.5. The van der Waals surface area contributed by atoms with Gasteiger partial charge in [0.15, 0.2) is 23.2 Å². The van der Waals surface area contributed by atoms with Crippen molar-refractivity contribution in [2.45, 2.75) is 39.8 Å². The van der Waals surface area contributed by atoms with Crippen LogP contribution in [0.25, 0.3) is 0 Å². The third kappa shape index (κ3) is 8.05. The first-order valence-electron chi connectivity index (χ1n) is 12.2. The molecule has 1 atom stereocenters. The van der Waals surface area contributed by atoms with E-state index in [1.807, 2.05) is 32.0 Å². The molecule has 12 heteroatoms. The molecule has 0 spiro atoms. The number of thiocarbonyl (C=S) groups is 1. The lowest BCUT2D eigenvalue weighted by Gasteiger charge is -2.30. The average molecular weight is 667 g/mol. The van der Waals surface area contributed by atoms with Crippen molar-refractivity contribution in [2.24, 2.45) is 5.10 Å². The maximum atomic E-state index is 12.7. The highest BCUT2D eigenvalue weighted by molar-refractivity contribution is 14.1. The summed E-state index contributed by atoms with van der Waals surface area (Å²) >= 11 is 7.48. The fourth-order valence-corrected chi connectivity index (χ4v) is 4.69. The van der Waals surface area contributed by atoms with Crippen molar-refractivity contribution in [1.82, 2.24) is 16.1 Å². The maximum Gasteiger partial charge on any atom is 0.338 e. The van der Waals surface area contributed by atoms with Gasteiger partial charge in [0.25, 0.3) is 5.91 Å². The van der Waals surface area contributed by atoms with E-state index >= 15 is 0 Å². The van der Waals surface area contributed by atoms with Gasteiger partial charge >= 0.3 is 5.97 Å². The van der Waals surface area contributed by atoms with Gasteiger partial charge in [-0.3, -0.25) is 4.79 Å². The molecule has 1 aliphatic rings. The van der Waals surface area contributed by atoms with Gasteiger partial charge in [0.05, 0.1) is 37.7 Å². The minimum Gasteiger partial charge on any atom is -0.493 e. The van der Waals surface area contributed by atoms with Gasteiger partial charge < -0.3 is 29.6 Å². The second-order valence-electron chi connectivity index (χ2n) is 8.60. The number of benzene rings is 2. The molecule has 208 valence electrons. The summed E-state index contributed by atoms with van der Waals surface area (Å²) in [6, 6.07) is 10.2. The van der Waals surface area contributed by atoms with Gasteiger partial charge in [-0.15, -0.1) is 0 Å². The van der Waals surface area contributed by atoms with E-state index in [-0.39, 0.29) is 19.3 Å². The summed E-state index contributed by atoms with van der Waals surface area (Å²) < 4.78 is 23.4. The molecule has 0 aliphatic carbocycles. The summed E-state index contributed by atoms with van der Waals surface area (Å²) in [7, 11) is 1.57. The zero-order valence-corrected chi connectivity index (χ0v) is 25.3. The molecule has 1 heterocycles. The molecular formula is C27H31IN4O6S. The number of para-hydroxylation sites is 1. The zero-order valence-electron chi connectivity index (χ0n) is 22.3. The van der Waals surface area contributed by atoms with Crippen LogP contribution in [0.1, 0.15) is 44.9 Å². The summed E-state index contributed by atoms with van der Waals surface area (Å²) in [5, 5.41) is 10.5. The first-order valence-corrected chi connectivity index (χ1v) is 13.7. The third-order valence-corrected chi connectivity index (χ3v) is 6.21. The van der Waals surface area contributed by atoms with Crippen molar-refractivity contribution in [3.05, 3.63) is 62.4 Å². The highest BCUT2D eigenvalue weighted by atomic mass is 127. The molecule has 1 amide bonds. The molecule has 2 aromatic rings. The van der Waals surface area contributed by atoms with Crippen molar-refractivity contribution in [2.75, 3.05) is 20.3 Å². The van der Waals surface area contributed by atoms with Crippen LogP contribution in [0.2, 0.25) is 0 Å². The Hall–Kier alpha value is -3.39. The van der Waals surface area contributed by atoms with Crippen LogP contribution in [-0.2, 0) is 14.3 Å². The quantitative estimate of drug-likeness (QED) is 0.108. The number of hydrogen-bond acceptors (Lipinski definition) is 8. The largest absolute Gasteiger partial charge is 0.493 e. The summed E-state index contributed by atoms with van der Waals surface area (Å²) in [6.45, 7) is 7.23. The molecular weight excluding hydrogens is 635 g/mol. The van der Waals surface area contributed by atoms with Crippen molar-refractivity contribution < 1.29 is 28.5 Å². The molecule has 0 saturated carbocycles. The number of hydrazone groups is 1. The maximum absolute atomic E-state index is 12.7. The Kier molecular flexibility index (Phi) is 10.9. The lowest BCUT2D eigenvalue weighted by Crippen LogP contribution is -2.45. The molecule has 0 saturated heterocycles. The van der Waals surface area contributed by atoms with Gasteiger partial charge in [-0.25, -0.2) is 10.2 Å². The Labute approximate surface area is 246 Å². The standard InChI is InChI=1S/C27H31IN4O6S/c1-6-36-26(34)23-16(4)30-27(39)31-24(23)19-9-7-8-10-20(19)37-14-22(33)32-29-13-17-11-18(28)12-21(35-5)25(17)38-15(2)3/h7-13,15,24H,6,14H2,1-5H3,(H,32,33)(H2,30,31,39)/t24-/m0/s1. The number of amides is 1. The molecule has 3 rings (SSSR count). The fourth-order valence-electron chi connectivity index (χ4n) is 3.80. The van der Waals surface area contributed by atoms with Gasteiger partial charge in [0.1, 0.15) is 5.75 Å². The fraction of sp³-hybridized carbons (Fsp3) is 0.333. The molecule has 3 N–H and O–H groups in total. The number of allylic oxidation sites excluding steroid dienone is 1. The Morgan fingerprint density at radius 1 is 1.23 bits per heavy atom. The van der Waals surface area contributed by atoms with Gasteiger partial charge in [0.2, 0.25) is 0 Å². The van der Waals surface area contributed by atoms with Crippen LogP contribution < -0.4 is 30.3 Å². The predicted octanol–water partition coefficient (Wildman–Crippen LogP) is 3.97. The number of nitrogens with zero attached hydrogens (tertiary/aromatic N) is 1. The highest BCUT2D eigenvalue weighted by Gasteiger charge is 2.32. The van der Waals surface area contributed by atoms with Crippen molar-refractivity contribution in [1.29, 1.82) is 0 Å². The Bertz CT molecular complexity index is 1300. The average Bonchev–Trinajstić information content (AvgIpc) is 2.88. The second-order valence-corrected chi connectivity index (χ2v) is 10.3. The second kappa shape index (κ2) is 14.1. The van der Waals surface area contributed by atoms with Crippen LogP contribution in [-0.4, -0.2) is 49.6 Å². The Morgan fingerprint density at radius 3 is 2.67 bits per heavy atom. The number of carbonyl (C=O) groups is 2. The summed E-state index contributed by atoms with van der Waals surface area (Å²) in [6.07, 6.45) is 1.41. The number of nitrogens with one attached hydrogen (secondary N) is 3. The van der Waals surface area contributed by atoms with E-state index in [2.05, 4.69) is 43.8 Å². The normalized spacial score (nSPS) is 15.1. The summed E-state index contributed by atoms with van der Waals surface area (Å²) in [4.78, 5) is 25.3. The number of methoxy groups -OCH3 is 1.